The van der Waals surface area contributed by atoms with Gasteiger partial charge in [-0.05, 0) is 24.7 Å². The molecule has 0 heterocycles. The molecule has 2 atom stereocenters. The monoisotopic (exact) mass is 292 g/mol. The van der Waals surface area contributed by atoms with E-state index in [2.05, 4.69) is 36.7 Å². The molecule has 0 N–H and O–H groups in total. The predicted octanol–water partition coefficient (Wildman–Crippen LogP) is 5.03. The van der Waals surface area contributed by atoms with Gasteiger partial charge in [0, 0.05) is 11.9 Å². The third kappa shape index (κ3) is 8.58. The van der Waals surface area contributed by atoms with Crippen LogP contribution in [0.5, 0.6) is 0 Å². The van der Waals surface area contributed by atoms with Gasteiger partial charge in [0.05, 0.1) is 6.61 Å². The van der Waals surface area contributed by atoms with Gasteiger partial charge in [0.15, 0.2) is 0 Å². The normalized spacial score (nSPS) is 15.0. The molecule has 0 spiro atoms. The number of hydrogen-bond acceptors (Lipinski definition) is 1. The van der Waals surface area contributed by atoms with Crippen molar-refractivity contribution in [3.63, 3.8) is 0 Å². The van der Waals surface area contributed by atoms with Crippen molar-refractivity contribution in [3.8, 4) is 0 Å². The molecule has 0 fully saturated rings. The highest BCUT2D eigenvalue weighted by atomic mass is 79.9. The van der Waals surface area contributed by atoms with Crippen LogP contribution in [-0.4, -0.2) is 18.5 Å². The molecule has 2 unspecified atom stereocenters. The van der Waals surface area contributed by atoms with Gasteiger partial charge in [0.1, 0.15) is 0 Å². The molecule has 98 valence electrons. The van der Waals surface area contributed by atoms with E-state index in [-0.39, 0.29) is 0 Å². The maximum absolute atomic E-state index is 5.86. The standard InChI is InChI=1S/C14H29BrO/c1-4-7-9-13(6-3)11-16-12-14(10-15)8-5-2/h13-14H,4-12H2,1-3H3. The number of rotatable bonds is 11. The van der Waals surface area contributed by atoms with E-state index in [0.717, 1.165) is 24.5 Å². The maximum Gasteiger partial charge on any atom is 0.0502 e. The highest BCUT2D eigenvalue weighted by Gasteiger charge is 2.09. The molecular weight excluding hydrogens is 264 g/mol. The largest absolute Gasteiger partial charge is 0.381 e. The van der Waals surface area contributed by atoms with E-state index in [1.807, 2.05) is 0 Å². The quantitative estimate of drug-likeness (QED) is 0.485. The summed E-state index contributed by atoms with van der Waals surface area (Å²) in [4.78, 5) is 0. The lowest BCUT2D eigenvalue weighted by Gasteiger charge is -2.18. The summed E-state index contributed by atoms with van der Waals surface area (Å²) < 4.78 is 5.86. The third-order valence-corrected chi connectivity index (χ3v) is 4.08. The molecule has 16 heavy (non-hydrogen) atoms. The van der Waals surface area contributed by atoms with Crippen molar-refractivity contribution in [2.24, 2.45) is 11.8 Å². The Labute approximate surface area is 110 Å². The molecule has 0 aromatic heterocycles. The Morgan fingerprint density at radius 1 is 0.938 bits per heavy atom. The van der Waals surface area contributed by atoms with Gasteiger partial charge in [-0.3, -0.25) is 0 Å². The number of hydrogen-bond donors (Lipinski definition) is 0. The van der Waals surface area contributed by atoms with Crippen LogP contribution in [-0.2, 0) is 4.74 Å². The first-order chi connectivity index (χ1) is 7.78. The van der Waals surface area contributed by atoms with Crippen LogP contribution >= 0.6 is 15.9 Å². The zero-order chi connectivity index (χ0) is 12.2. The molecule has 0 radical (unpaired) electrons. The van der Waals surface area contributed by atoms with Gasteiger partial charge in [-0.2, -0.15) is 0 Å². The van der Waals surface area contributed by atoms with E-state index in [1.165, 1.54) is 38.5 Å². The van der Waals surface area contributed by atoms with Crippen LogP contribution in [0.1, 0.15) is 59.3 Å². The fourth-order valence-corrected chi connectivity index (χ4v) is 2.42. The van der Waals surface area contributed by atoms with E-state index in [9.17, 15) is 0 Å². The van der Waals surface area contributed by atoms with Crippen LogP contribution in [0.3, 0.4) is 0 Å². The topological polar surface area (TPSA) is 9.23 Å². The lowest BCUT2D eigenvalue weighted by atomic mass is 10.0. The fraction of sp³-hybridized carbons (Fsp3) is 1.00. The smallest absolute Gasteiger partial charge is 0.0502 e. The van der Waals surface area contributed by atoms with Crippen molar-refractivity contribution in [3.05, 3.63) is 0 Å². The highest BCUT2D eigenvalue weighted by Crippen LogP contribution is 2.15. The van der Waals surface area contributed by atoms with Gasteiger partial charge >= 0.3 is 0 Å². The van der Waals surface area contributed by atoms with Crippen molar-refractivity contribution < 1.29 is 4.74 Å². The first kappa shape index (κ1) is 16.4. The molecule has 0 aromatic rings. The fourth-order valence-electron chi connectivity index (χ4n) is 1.91. The second-order valence-corrected chi connectivity index (χ2v) is 5.41. The van der Waals surface area contributed by atoms with Crippen LogP contribution in [0.2, 0.25) is 0 Å². The predicted molar refractivity (Wildman–Crippen MR) is 76.3 cm³/mol. The van der Waals surface area contributed by atoms with Crippen LogP contribution in [0.25, 0.3) is 0 Å². The molecule has 1 nitrogen and oxygen atoms in total. The lowest BCUT2D eigenvalue weighted by Crippen LogP contribution is -2.16. The number of halogens is 1. The summed E-state index contributed by atoms with van der Waals surface area (Å²) in [5, 5.41) is 1.08. The average molecular weight is 293 g/mol. The number of alkyl halides is 1. The Balaban J connectivity index is 3.58. The number of unbranched alkanes of at least 4 members (excludes halogenated alkanes) is 1. The van der Waals surface area contributed by atoms with Crippen molar-refractivity contribution >= 4 is 15.9 Å². The highest BCUT2D eigenvalue weighted by molar-refractivity contribution is 9.09. The molecule has 0 rings (SSSR count). The number of ether oxygens (including phenoxy) is 1. The summed E-state index contributed by atoms with van der Waals surface area (Å²) in [6.45, 7) is 8.67. The van der Waals surface area contributed by atoms with Crippen molar-refractivity contribution in [2.45, 2.75) is 59.3 Å². The van der Waals surface area contributed by atoms with Gasteiger partial charge in [-0.15, -0.1) is 0 Å². The Kier molecular flexibility index (Phi) is 12.2. The SMILES string of the molecule is CCCCC(CC)COCC(CBr)CCC. The molecule has 0 aromatic carbocycles. The summed E-state index contributed by atoms with van der Waals surface area (Å²) in [6, 6.07) is 0. The summed E-state index contributed by atoms with van der Waals surface area (Å²) in [5.74, 6) is 1.48. The second kappa shape index (κ2) is 11.9. The van der Waals surface area contributed by atoms with Crippen molar-refractivity contribution in [1.29, 1.82) is 0 Å². The minimum absolute atomic E-state index is 0.702. The van der Waals surface area contributed by atoms with Gasteiger partial charge in [0.2, 0.25) is 0 Å². The van der Waals surface area contributed by atoms with E-state index >= 15 is 0 Å². The minimum atomic E-state index is 0.702. The van der Waals surface area contributed by atoms with Gasteiger partial charge in [0.25, 0.3) is 0 Å². The first-order valence-electron chi connectivity index (χ1n) is 6.92. The van der Waals surface area contributed by atoms with Crippen LogP contribution in [0.4, 0.5) is 0 Å². The van der Waals surface area contributed by atoms with Gasteiger partial charge in [-0.1, -0.05) is 62.4 Å². The van der Waals surface area contributed by atoms with E-state index in [4.69, 9.17) is 4.74 Å². The summed E-state index contributed by atoms with van der Waals surface area (Å²) in [5.41, 5.74) is 0. The Bertz CT molecular complexity index is 139. The van der Waals surface area contributed by atoms with Crippen molar-refractivity contribution in [1.82, 2.24) is 0 Å². The van der Waals surface area contributed by atoms with E-state index in [1.54, 1.807) is 0 Å². The Hall–Kier alpha value is 0.440. The molecule has 0 aliphatic rings. The molecule has 2 heteroatoms. The maximum atomic E-state index is 5.86. The summed E-state index contributed by atoms with van der Waals surface area (Å²) >= 11 is 3.56. The van der Waals surface area contributed by atoms with Crippen LogP contribution in [0, 0.1) is 11.8 Å². The third-order valence-electron chi connectivity index (χ3n) is 3.17. The van der Waals surface area contributed by atoms with Crippen LogP contribution in [0.15, 0.2) is 0 Å². The molecule has 0 aliphatic heterocycles. The molecular formula is C14H29BrO. The second-order valence-electron chi connectivity index (χ2n) is 4.76. The Morgan fingerprint density at radius 3 is 2.12 bits per heavy atom. The molecule has 0 saturated heterocycles. The molecule has 0 saturated carbocycles. The zero-order valence-corrected chi connectivity index (χ0v) is 12.9. The van der Waals surface area contributed by atoms with Gasteiger partial charge in [-0.25, -0.2) is 0 Å². The van der Waals surface area contributed by atoms with Crippen LogP contribution < -0.4 is 0 Å². The Morgan fingerprint density at radius 2 is 1.62 bits per heavy atom. The zero-order valence-electron chi connectivity index (χ0n) is 11.3. The van der Waals surface area contributed by atoms with E-state index in [0.29, 0.717) is 5.92 Å². The summed E-state index contributed by atoms with van der Waals surface area (Å²) in [7, 11) is 0. The van der Waals surface area contributed by atoms with Crippen molar-refractivity contribution in [2.75, 3.05) is 18.5 Å². The van der Waals surface area contributed by atoms with Gasteiger partial charge < -0.3 is 4.74 Å². The molecule has 0 bridgehead atoms. The van der Waals surface area contributed by atoms with E-state index < -0.39 is 0 Å². The molecule has 0 amide bonds. The molecule has 0 aliphatic carbocycles. The minimum Gasteiger partial charge on any atom is -0.381 e. The summed E-state index contributed by atoms with van der Waals surface area (Å²) in [6.07, 6.45) is 7.77. The average Bonchev–Trinajstić information content (AvgIpc) is 2.32. The first-order valence-corrected chi connectivity index (χ1v) is 8.04. The lowest BCUT2D eigenvalue weighted by molar-refractivity contribution is 0.0702.